The maximum atomic E-state index is 9.08. The van der Waals surface area contributed by atoms with Crippen LogP contribution in [0.3, 0.4) is 0 Å². The zero-order valence-electron chi connectivity index (χ0n) is 9.30. The Balaban J connectivity index is 3.91. The zero-order chi connectivity index (χ0) is 11.1. The molecule has 0 aromatic rings. The summed E-state index contributed by atoms with van der Waals surface area (Å²) in [5, 5.41) is 0. The van der Waals surface area contributed by atoms with E-state index in [9.17, 15) is 0 Å². The maximum Gasteiger partial charge on any atom is 0.274 e. The average Bonchev–Trinajstić information content (AvgIpc) is 2.01. The average molecular weight is 219 g/mol. The van der Waals surface area contributed by atoms with Crippen molar-refractivity contribution < 1.29 is 9.79 Å². The molecule has 0 rings (SSSR count). The largest absolute Gasteiger partial charge is 0.338 e. The van der Waals surface area contributed by atoms with Gasteiger partial charge in [0, 0.05) is 26.4 Å². The van der Waals surface area contributed by atoms with Crippen LogP contribution in [0.2, 0.25) is 0 Å². The van der Waals surface area contributed by atoms with Crippen molar-refractivity contribution in [2.45, 2.75) is 46.2 Å². The molecule has 0 heterocycles. The fraction of sp³-hybridized carbons (Fsp3) is 0.889. The van der Waals surface area contributed by atoms with Crippen LogP contribution in [0.25, 0.3) is 4.85 Å². The van der Waals surface area contributed by atoms with Gasteiger partial charge in [-0.25, -0.2) is 4.67 Å². The quantitative estimate of drug-likeness (QED) is 0.711. The SMILES string of the molecule is CC(C)[N+]#CCCN(C(C)C)P(O)O. The molecule has 2 N–H and O–H groups in total. The Morgan fingerprint density at radius 3 is 2.21 bits per heavy atom. The number of rotatable bonds is 4. The lowest BCUT2D eigenvalue weighted by atomic mass is 10.3. The van der Waals surface area contributed by atoms with Crippen molar-refractivity contribution in [3.8, 4) is 6.07 Å². The molecule has 0 saturated heterocycles. The minimum Gasteiger partial charge on any atom is -0.338 e. The standard InChI is InChI=1S/C9H20N2O2P/c1-8(2)10-6-5-7-11(9(3)4)14(12)13/h8-9,12-13H,5,7H2,1-4H3/q+1. The molecular formula is C9H20N2O2P+. The molecule has 82 valence electrons. The molecule has 0 saturated carbocycles. The van der Waals surface area contributed by atoms with Crippen molar-refractivity contribution in [3.63, 3.8) is 0 Å². The Kier molecular flexibility index (Phi) is 7.04. The van der Waals surface area contributed by atoms with Gasteiger partial charge in [-0.05, 0) is 13.8 Å². The Labute approximate surface area is 87.3 Å². The van der Waals surface area contributed by atoms with Crippen LogP contribution < -0.4 is 0 Å². The maximum absolute atomic E-state index is 9.08. The molecule has 0 radical (unpaired) electrons. The fourth-order valence-corrected chi connectivity index (χ4v) is 1.66. The van der Waals surface area contributed by atoms with Crippen molar-refractivity contribution in [1.82, 2.24) is 4.67 Å². The summed E-state index contributed by atoms with van der Waals surface area (Å²) in [6, 6.07) is 3.29. The Bertz CT molecular complexity index is 201. The second kappa shape index (κ2) is 7.14. The smallest absolute Gasteiger partial charge is 0.274 e. The van der Waals surface area contributed by atoms with E-state index in [0.717, 1.165) is 0 Å². The van der Waals surface area contributed by atoms with Crippen LogP contribution >= 0.6 is 8.53 Å². The Morgan fingerprint density at radius 1 is 1.29 bits per heavy atom. The lowest BCUT2D eigenvalue weighted by Crippen LogP contribution is -2.26. The predicted molar refractivity (Wildman–Crippen MR) is 60.2 cm³/mol. The molecule has 0 amide bonds. The zero-order valence-corrected chi connectivity index (χ0v) is 10.2. The minimum absolute atomic E-state index is 0.136. The topological polar surface area (TPSA) is 48.1 Å². The van der Waals surface area contributed by atoms with Gasteiger partial charge in [0.15, 0.2) is 0 Å². The Morgan fingerprint density at radius 2 is 1.86 bits per heavy atom. The third kappa shape index (κ3) is 6.28. The van der Waals surface area contributed by atoms with Crippen molar-refractivity contribution >= 4 is 8.53 Å². The molecule has 4 nitrogen and oxygen atoms in total. The highest BCUT2D eigenvalue weighted by molar-refractivity contribution is 7.42. The first-order chi connectivity index (χ1) is 6.45. The van der Waals surface area contributed by atoms with Crippen LogP contribution in [-0.2, 0) is 0 Å². The van der Waals surface area contributed by atoms with Gasteiger partial charge < -0.3 is 9.79 Å². The van der Waals surface area contributed by atoms with E-state index in [4.69, 9.17) is 9.79 Å². The molecule has 0 fully saturated rings. The number of hydrogen-bond acceptors (Lipinski definition) is 3. The van der Waals surface area contributed by atoms with Crippen LogP contribution in [0, 0.1) is 6.07 Å². The van der Waals surface area contributed by atoms with Gasteiger partial charge >= 0.3 is 0 Å². The lowest BCUT2D eigenvalue weighted by molar-refractivity contribution is 0.304. The van der Waals surface area contributed by atoms with Gasteiger partial charge in [0.05, 0.1) is 6.42 Å². The van der Waals surface area contributed by atoms with Gasteiger partial charge in [0.2, 0.25) is 0 Å². The minimum atomic E-state index is -1.98. The van der Waals surface area contributed by atoms with Crippen LogP contribution in [0.15, 0.2) is 0 Å². The van der Waals surface area contributed by atoms with Crippen LogP contribution in [0.4, 0.5) is 0 Å². The van der Waals surface area contributed by atoms with E-state index < -0.39 is 8.53 Å². The summed E-state index contributed by atoms with van der Waals surface area (Å²) in [7, 11) is -1.98. The van der Waals surface area contributed by atoms with Gasteiger partial charge in [-0.1, -0.05) is 4.85 Å². The van der Waals surface area contributed by atoms with E-state index in [-0.39, 0.29) is 12.1 Å². The first kappa shape index (κ1) is 13.8. The first-order valence-corrected chi connectivity index (χ1v) is 6.02. The van der Waals surface area contributed by atoms with Gasteiger partial charge in [-0.15, -0.1) is 0 Å². The summed E-state index contributed by atoms with van der Waals surface area (Å²) >= 11 is 0. The highest BCUT2D eigenvalue weighted by Crippen LogP contribution is 2.31. The van der Waals surface area contributed by atoms with Crippen molar-refractivity contribution in [1.29, 1.82) is 0 Å². The van der Waals surface area contributed by atoms with Gasteiger partial charge in [0.1, 0.15) is 0 Å². The summed E-state index contributed by atoms with van der Waals surface area (Å²) in [6.45, 7) is 8.42. The molecule has 0 aliphatic heterocycles. The van der Waals surface area contributed by atoms with E-state index in [0.29, 0.717) is 13.0 Å². The second-order valence-electron chi connectivity index (χ2n) is 3.66. The second-order valence-corrected chi connectivity index (χ2v) is 4.71. The van der Waals surface area contributed by atoms with Gasteiger partial charge in [-0.2, -0.15) is 0 Å². The highest BCUT2D eigenvalue weighted by atomic mass is 31.2. The van der Waals surface area contributed by atoms with E-state index in [1.54, 1.807) is 4.67 Å². The summed E-state index contributed by atoms with van der Waals surface area (Å²) in [6.07, 6.45) is 0.635. The fourth-order valence-electron chi connectivity index (χ4n) is 0.966. The summed E-state index contributed by atoms with van der Waals surface area (Å²) in [5.41, 5.74) is 0. The molecular weight excluding hydrogens is 199 g/mol. The summed E-state index contributed by atoms with van der Waals surface area (Å²) in [4.78, 5) is 22.2. The van der Waals surface area contributed by atoms with E-state index in [1.807, 2.05) is 27.7 Å². The normalized spacial score (nSPS) is 11.3. The monoisotopic (exact) mass is 219 g/mol. The van der Waals surface area contributed by atoms with Crippen molar-refractivity contribution in [2.24, 2.45) is 0 Å². The molecule has 0 spiro atoms. The molecule has 5 heteroatoms. The highest BCUT2D eigenvalue weighted by Gasteiger charge is 2.17. The molecule has 0 bridgehead atoms. The third-order valence-electron chi connectivity index (χ3n) is 1.63. The number of hydrogen-bond donors (Lipinski definition) is 2. The van der Waals surface area contributed by atoms with Crippen molar-refractivity contribution in [2.75, 3.05) is 6.54 Å². The van der Waals surface area contributed by atoms with Crippen LogP contribution in [0.1, 0.15) is 34.1 Å². The van der Waals surface area contributed by atoms with Gasteiger partial charge in [0.25, 0.3) is 20.6 Å². The lowest BCUT2D eigenvalue weighted by Gasteiger charge is -2.24. The molecule has 0 unspecified atom stereocenters. The molecule has 0 aliphatic rings. The van der Waals surface area contributed by atoms with E-state index >= 15 is 0 Å². The van der Waals surface area contributed by atoms with Gasteiger partial charge in [-0.3, -0.25) is 0 Å². The predicted octanol–water partition coefficient (Wildman–Crippen LogP) is 2.04. The van der Waals surface area contributed by atoms with E-state index in [1.165, 1.54) is 0 Å². The summed E-state index contributed by atoms with van der Waals surface area (Å²) < 4.78 is 1.64. The van der Waals surface area contributed by atoms with Crippen molar-refractivity contribution in [3.05, 3.63) is 4.85 Å². The molecule has 0 aliphatic carbocycles. The third-order valence-corrected chi connectivity index (χ3v) is 2.75. The molecule has 14 heavy (non-hydrogen) atoms. The van der Waals surface area contributed by atoms with Crippen LogP contribution in [0.5, 0.6) is 0 Å². The Hall–Kier alpha value is -0.200. The molecule has 0 aromatic heterocycles. The van der Waals surface area contributed by atoms with Crippen LogP contribution in [-0.4, -0.2) is 33.1 Å². The summed E-state index contributed by atoms with van der Waals surface area (Å²) in [5.74, 6) is 0. The number of nitrogens with zero attached hydrogens (tertiary/aromatic N) is 2. The molecule has 0 atom stereocenters. The first-order valence-electron chi connectivity index (χ1n) is 4.82. The molecule has 0 aromatic carbocycles. The van der Waals surface area contributed by atoms with E-state index in [2.05, 4.69) is 10.9 Å².